The van der Waals surface area contributed by atoms with Gasteiger partial charge in [-0.25, -0.2) is 0 Å². The zero-order chi connectivity index (χ0) is 13.3. The van der Waals surface area contributed by atoms with Gasteiger partial charge in [-0.15, -0.1) is 10.2 Å². The molecular weight excluding hydrogens is 340 g/mol. The average Bonchev–Trinajstić information content (AvgIpc) is 2.71. The standard InChI is InChI=1S/C9H9BrN4O2S2/c1-5-2-3-6(4-7(5)10)14-18(15,16)9-13-12-8(11)17-9/h2-4,14H,1H3,(H2,11,12). The van der Waals surface area contributed by atoms with Gasteiger partial charge in [0.2, 0.25) is 5.13 Å². The summed E-state index contributed by atoms with van der Waals surface area (Å²) >= 11 is 4.15. The number of nitrogens with zero attached hydrogens (tertiary/aromatic N) is 2. The highest BCUT2D eigenvalue weighted by atomic mass is 79.9. The van der Waals surface area contributed by atoms with Gasteiger partial charge in [0.1, 0.15) is 0 Å². The van der Waals surface area contributed by atoms with Gasteiger partial charge in [-0.3, -0.25) is 4.72 Å². The van der Waals surface area contributed by atoms with Crippen LogP contribution in [0.15, 0.2) is 27.0 Å². The van der Waals surface area contributed by atoms with Crippen molar-refractivity contribution in [3.63, 3.8) is 0 Å². The second-order valence-electron chi connectivity index (χ2n) is 3.48. The van der Waals surface area contributed by atoms with Crippen molar-refractivity contribution in [2.24, 2.45) is 0 Å². The Hall–Kier alpha value is -1.19. The monoisotopic (exact) mass is 348 g/mol. The Labute approximate surface area is 116 Å². The van der Waals surface area contributed by atoms with Crippen LogP contribution in [0.5, 0.6) is 0 Å². The van der Waals surface area contributed by atoms with Crippen LogP contribution in [0.1, 0.15) is 5.56 Å². The minimum atomic E-state index is -3.73. The van der Waals surface area contributed by atoms with Gasteiger partial charge in [0, 0.05) is 4.47 Å². The molecule has 6 nitrogen and oxygen atoms in total. The molecule has 0 unspecified atom stereocenters. The van der Waals surface area contributed by atoms with Crippen LogP contribution in [0.25, 0.3) is 0 Å². The highest BCUT2D eigenvalue weighted by Gasteiger charge is 2.19. The topological polar surface area (TPSA) is 98.0 Å². The predicted molar refractivity (Wildman–Crippen MR) is 74.0 cm³/mol. The summed E-state index contributed by atoms with van der Waals surface area (Å²) in [4.78, 5) is 0. The first-order valence-electron chi connectivity index (χ1n) is 4.76. The van der Waals surface area contributed by atoms with Crippen LogP contribution in [0.4, 0.5) is 10.8 Å². The molecule has 0 spiro atoms. The van der Waals surface area contributed by atoms with Crippen molar-refractivity contribution >= 4 is 48.1 Å². The fourth-order valence-electron chi connectivity index (χ4n) is 1.18. The van der Waals surface area contributed by atoms with Crippen LogP contribution in [0.2, 0.25) is 0 Å². The number of hydrogen-bond donors (Lipinski definition) is 2. The lowest BCUT2D eigenvalue weighted by molar-refractivity contribution is 0.599. The molecular formula is C9H9BrN4O2S2. The van der Waals surface area contributed by atoms with Crippen molar-refractivity contribution in [2.45, 2.75) is 11.3 Å². The largest absolute Gasteiger partial charge is 0.374 e. The van der Waals surface area contributed by atoms with E-state index >= 15 is 0 Å². The van der Waals surface area contributed by atoms with E-state index in [2.05, 4.69) is 30.8 Å². The molecule has 2 aromatic rings. The third kappa shape index (κ3) is 2.79. The molecule has 0 aliphatic rings. The van der Waals surface area contributed by atoms with E-state index in [-0.39, 0.29) is 9.47 Å². The molecule has 0 atom stereocenters. The van der Waals surface area contributed by atoms with E-state index in [0.717, 1.165) is 21.4 Å². The zero-order valence-corrected chi connectivity index (χ0v) is 12.4. The van der Waals surface area contributed by atoms with Gasteiger partial charge >= 0.3 is 0 Å². The molecule has 3 N–H and O–H groups in total. The molecule has 18 heavy (non-hydrogen) atoms. The van der Waals surface area contributed by atoms with E-state index in [9.17, 15) is 8.42 Å². The van der Waals surface area contributed by atoms with E-state index in [4.69, 9.17) is 5.73 Å². The van der Waals surface area contributed by atoms with Crippen molar-refractivity contribution in [3.05, 3.63) is 28.2 Å². The van der Waals surface area contributed by atoms with Gasteiger partial charge in [-0.2, -0.15) is 8.42 Å². The lowest BCUT2D eigenvalue weighted by Crippen LogP contribution is -2.12. The fourth-order valence-corrected chi connectivity index (χ4v) is 3.40. The minimum absolute atomic E-state index is 0.112. The first-order valence-corrected chi connectivity index (χ1v) is 7.86. The van der Waals surface area contributed by atoms with Gasteiger partial charge in [0.15, 0.2) is 0 Å². The van der Waals surface area contributed by atoms with E-state index < -0.39 is 10.0 Å². The maximum atomic E-state index is 11.9. The number of aromatic nitrogens is 2. The van der Waals surface area contributed by atoms with Gasteiger partial charge in [-0.1, -0.05) is 33.3 Å². The lowest BCUT2D eigenvalue weighted by Gasteiger charge is -2.06. The van der Waals surface area contributed by atoms with Crippen molar-refractivity contribution in [1.29, 1.82) is 0 Å². The molecule has 0 aliphatic carbocycles. The first-order chi connectivity index (χ1) is 8.38. The van der Waals surface area contributed by atoms with Crippen LogP contribution in [-0.2, 0) is 10.0 Å². The molecule has 0 radical (unpaired) electrons. The van der Waals surface area contributed by atoms with E-state index in [1.165, 1.54) is 0 Å². The molecule has 0 aliphatic heterocycles. The summed E-state index contributed by atoms with van der Waals surface area (Å²) in [7, 11) is -3.73. The van der Waals surface area contributed by atoms with Crippen LogP contribution in [0, 0.1) is 6.92 Å². The molecule has 1 aromatic heterocycles. The number of aryl methyl sites for hydroxylation is 1. The van der Waals surface area contributed by atoms with Crippen molar-refractivity contribution < 1.29 is 8.42 Å². The van der Waals surface area contributed by atoms with Crippen molar-refractivity contribution in [3.8, 4) is 0 Å². The zero-order valence-electron chi connectivity index (χ0n) is 9.21. The Morgan fingerprint density at radius 3 is 2.67 bits per heavy atom. The summed E-state index contributed by atoms with van der Waals surface area (Å²) < 4.78 is 26.9. The maximum Gasteiger partial charge on any atom is 0.291 e. The average molecular weight is 349 g/mol. The summed E-state index contributed by atoms with van der Waals surface area (Å²) in [5.41, 5.74) is 6.82. The Kier molecular flexibility index (Phi) is 3.55. The quantitative estimate of drug-likeness (QED) is 0.883. The van der Waals surface area contributed by atoms with E-state index in [1.807, 2.05) is 6.92 Å². The number of rotatable bonds is 3. The Balaban J connectivity index is 2.30. The Morgan fingerprint density at radius 2 is 2.11 bits per heavy atom. The summed E-state index contributed by atoms with van der Waals surface area (Å²) in [6.07, 6.45) is 0. The molecule has 0 saturated carbocycles. The van der Waals surface area contributed by atoms with Crippen molar-refractivity contribution in [2.75, 3.05) is 10.5 Å². The molecule has 2 rings (SSSR count). The molecule has 96 valence electrons. The number of nitrogens with two attached hydrogens (primary N) is 1. The minimum Gasteiger partial charge on any atom is -0.374 e. The maximum absolute atomic E-state index is 11.9. The second kappa shape index (κ2) is 4.82. The van der Waals surface area contributed by atoms with Crippen molar-refractivity contribution in [1.82, 2.24) is 10.2 Å². The number of hydrogen-bond acceptors (Lipinski definition) is 6. The number of anilines is 2. The summed E-state index contributed by atoms with van der Waals surface area (Å²) in [6.45, 7) is 1.91. The molecule has 1 aromatic carbocycles. The number of nitrogen functional groups attached to an aromatic ring is 1. The lowest BCUT2D eigenvalue weighted by atomic mass is 10.2. The Morgan fingerprint density at radius 1 is 1.39 bits per heavy atom. The van der Waals surface area contributed by atoms with Gasteiger partial charge in [0.25, 0.3) is 14.4 Å². The summed E-state index contributed by atoms with van der Waals surface area (Å²) in [5.74, 6) is 0. The highest BCUT2D eigenvalue weighted by molar-refractivity contribution is 9.10. The number of sulfonamides is 1. The highest BCUT2D eigenvalue weighted by Crippen LogP contribution is 2.24. The van der Waals surface area contributed by atoms with Crippen LogP contribution >= 0.6 is 27.3 Å². The predicted octanol–water partition coefficient (Wildman–Crippen LogP) is 1.99. The third-order valence-corrected chi connectivity index (χ3v) is 5.43. The van der Waals surface area contributed by atoms with Gasteiger partial charge < -0.3 is 5.73 Å². The number of benzene rings is 1. The normalized spacial score (nSPS) is 11.4. The number of halogens is 1. The SMILES string of the molecule is Cc1ccc(NS(=O)(=O)c2nnc(N)s2)cc1Br. The smallest absolute Gasteiger partial charge is 0.291 e. The first kappa shape index (κ1) is 13.2. The van der Waals surface area contributed by atoms with E-state index in [0.29, 0.717) is 5.69 Å². The molecule has 0 saturated heterocycles. The van der Waals surface area contributed by atoms with Gasteiger partial charge in [-0.05, 0) is 24.6 Å². The third-order valence-electron chi connectivity index (χ3n) is 2.08. The van der Waals surface area contributed by atoms with E-state index in [1.54, 1.807) is 18.2 Å². The fraction of sp³-hybridized carbons (Fsp3) is 0.111. The molecule has 0 fully saturated rings. The summed E-state index contributed by atoms with van der Waals surface area (Å²) in [6, 6.07) is 5.15. The second-order valence-corrected chi connectivity index (χ2v) is 7.20. The Bertz CT molecular complexity index is 684. The molecule has 1 heterocycles. The molecule has 0 bridgehead atoms. The van der Waals surface area contributed by atoms with Crippen LogP contribution < -0.4 is 10.5 Å². The molecule has 0 amide bonds. The summed E-state index contributed by atoms with van der Waals surface area (Å²) in [5, 5.41) is 7.09. The van der Waals surface area contributed by atoms with Crippen LogP contribution in [-0.4, -0.2) is 18.6 Å². The van der Waals surface area contributed by atoms with Gasteiger partial charge in [0.05, 0.1) is 5.69 Å². The van der Waals surface area contributed by atoms with Crippen LogP contribution in [0.3, 0.4) is 0 Å². The molecule has 9 heteroatoms. The number of nitrogens with one attached hydrogen (secondary N) is 1.